The zero-order chi connectivity index (χ0) is 17.3. The fourth-order valence-electron chi connectivity index (χ4n) is 2.27. The summed E-state index contributed by atoms with van der Waals surface area (Å²) in [5, 5.41) is 5.09. The molecule has 0 atom stereocenters. The van der Waals surface area contributed by atoms with Crippen molar-refractivity contribution in [3.63, 3.8) is 0 Å². The first-order valence-corrected chi connectivity index (χ1v) is 8.19. The largest absolute Gasteiger partial charge is 0.503 e. The van der Waals surface area contributed by atoms with E-state index in [0.29, 0.717) is 26.3 Å². The number of aromatic nitrogens is 3. The number of halogens is 1. The van der Waals surface area contributed by atoms with Crippen molar-refractivity contribution in [2.45, 2.75) is 6.92 Å². The number of methoxy groups -OCH3 is 2. The lowest BCUT2D eigenvalue weighted by Crippen LogP contribution is -2.05. The summed E-state index contributed by atoms with van der Waals surface area (Å²) in [5.74, 6) is 0.0626. The number of ether oxygens (including phenoxy) is 2. The smallest absolute Gasteiger partial charge is 0.342 e. The number of hydrogen-bond acceptors (Lipinski definition) is 6. The third-order valence-electron chi connectivity index (χ3n) is 3.42. The Labute approximate surface area is 147 Å². The number of thiazole rings is 1. The number of rotatable bonds is 4. The SMILES string of the molecule is COC=C(C(=O)OC)c1sc2nc(-c3ccccc3Cl)nn2c1C. The molecule has 0 aliphatic heterocycles. The Hall–Kier alpha value is -2.38. The van der Waals surface area contributed by atoms with Crippen LogP contribution in [0.4, 0.5) is 0 Å². The van der Waals surface area contributed by atoms with Crippen LogP contribution in [-0.4, -0.2) is 34.8 Å². The average molecular weight is 364 g/mol. The molecule has 0 saturated heterocycles. The predicted molar refractivity (Wildman–Crippen MR) is 93.0 cm³/mol. The highest BCUT2D eigenvalue weighted by Gasteiger charge is 2.22. The van der Waals surface area contributed by atoms with Gasteiger partial charge in [-0.1, -0.05) is 35.1 Å². The average Bonchev–Trinajstić information content (AvgIpc) is 3.12. The van der Waals surface area contributed by atoms with Crippen molar-refractivity contribution in [3.8, 4) is 11.4 Å². The number of nitrogens with zero attached hydrogens (tertiary/aromatic N) is 3. The molecule has 24 heavy (non-hydrogen) atoms. The zero-order valence-corrected chi connectivity index (χ0v) is 14.8. The fraction of sp³-hybridized carbons (Fsp3) is 0.188. The van der Waals surface area contributed by atoms with Crippen molar-refractivity contribution in [1.82, 2.24) is 14.6 Å². The molecule has 0 radical (unpaired) electrons. The molecule has 0 unspecified atom stereocenters. The summed E-state index contributed by atoms with van der Waals surface area (Å²) in [6.45, 7) is 1.86. The van der Waals surface area contributed by atoms with Crippen LogP contribution in [0.5, 0.6) is 0 Å². The van der Waals surface area contributed by atoms with E-state index in [1.165, 1.54) is 31.8 Å². The second-order valence-corrected chi connectivity index (χ2v) is 6.27. The van der Waals surface area contributed by atoms with Crippen LogP contribution in [0.3, 0.4) is 0 Å². The molecule has 2 aromatic heterocycles. The van der Waals surface area contributed by atoms with Gasteiger partial charge < -0.3 is 9.47 Å². The Bertz CT molecular complexity index is 945. The van der Waals surface area contributed by atoms with Gasteiger partial charge in [-0.2, -0.15) is 4.98 Å². The number of aryl methyl sites for hydroxylation is 1. The Morgan fingerprint density at radius 2 is 2.08 bits per heavy atom. The van der Waals surface area contributed by atoms with Crippen LogP contribution in [0.1, 0.15) is 10.6 Å². The number of benzene rings is 1. The topological polar surface area (TPSA) is 65.7 Å². The number of carbonyl (C=O) groups is 1. The summed E-state index contributed by atoms with van der Waals surface area (Å²) in [5.41, 5.74) is 1.86. The Morgan fingerprint density at radius 1 is 1.33 bits per heavy atom. The first-order valence-electron chi connectivity index (χ1n) is 6.99. The van der Waals surface area contributed by atoms with Gasteiger partial charge in [-0.05, 0) is 19.1 Å². The molecule has 0 saturated carbocycles. The molecule has 0 fully saturated rings. The summed E-state index contributed by atoms with van der Waals surface area (Å²) in [7, 11) is 2.80. The van der Waals surface area contributed by atoms with E-state index in [1.54, 1.807) is 10.6 Å². The minimum Gasteiger partial charge on any atom is -0.503 e. The molecule has 0 aliphatic carbocycles. The van der Waals surface area contributed by atoms with Crippen molar-refractivity contribution < 1.29 is 14.3 Å². The van der Waals surface area contributed by atoms with E-state index in [0.717, 1.165) is 11.3 Å². The predicted octanol–water partition coefficient (Wildman–Crippen LogP) is 3.58. The van der Waals surface area contributed by atoms with E-state index < -0.39 is 5.97 Å². The van der Waals surface area contributed by atoms with Crippen molar-refractivity contribution >= 4 is 39.4 Å². The van der Waals surface area contributed by atoms with Gasteiger partial charge in [0.25, 0.3) is 0 Å². The van der Waals surface area contributed by atoms with Gasteiger partial charge in [0.2, 0.25) is 4.96 Å². The molecule has 0 N–H and O–H groups in total. The molecule has 6 nitrogen and oxygen atoms in total. The quantitative estimate of drug-likeness (QED) is 0.402. The summed E-state index contributed by atoms with van der Waals surface area (Å²) in [6, 6.07) is 7.39. The number of hydrogen-bond donors (Lipinski definition) is 0. The second kappa shape index (κ2) is 6.62. The fourth-order valence-corrected chi connectivity index (χ4v) is 3.55. The third-order valence-corrected chi connectivity index (χ3v) is 4.91. The van der Waals surface area contributed by atoms with Gasteiger partial charge in [0, 0.05) is 5.56 Å². The molecule has 0 aliphatic rings. The maximum atomic E-state index is 12.0. The van der Waals surface area contributed by atoms with E-state index in [1.807, 2.05) is 25.1 Å². The molecule has 0 spiro atoms. The summed E-state index contributed by atoms with van der Waals surface area (Å²) >= 11 is 7.54. The van der Waals surface area contributed by atoms with Gasteiger partial charge in [-0.25, -0.2) is 9.31 Å². The van der Waals surface area contributed by atoms with Crippen molar-refractivity contribution in [3.05, 3.63) is 46.1 Å². The second-order valence-electron chi connectivity index (χ2n) is 4.89. The first kappa shape index (κ1) is 16.5. The monoisotopic (exact) mass is 363 g/mol. The lowest BCUT2D eigenvalue weighted by Gasteiger charge is -2.03. The number of carbonyl (C=O) groups excluding carboxylic acids is 1. The summed E-state index contributed by atoms with van der Waals surface area (Å²) < 4.78 is 11.5. The lowest BCUT2D eigenvalue weighted by molar-refractivity contribution is -0.133. The van der Waals surface area contributed by atoms with Crippen LogP contribution in [0.15, 0.2) is 30.5 Å². The Balaban J connectivity index is 2.11. The van der Waals surface area contributed by atoms with Gasteiger partial charge in [0.05, 0.1) is 36.1 Å². The van der Waals surface area contributed by atoms with Gasteiger partial charge in [0.1, 0.15) is 5.57 Å². The Kier molecular flexibility index (Phi) is 4.55. The van der Waals surface area contributed by atoms with Crippen LogP contribution in [0.2, 0.25) is 5.02 Å². The molecule has 0 bridgehead atoms. The van der Waals surface area contributed by atoms with Crippen LogP contribution in [-0.2, 0) is 14.3 Å². The van der Waals surface area contributed by atoms with Gasteiger partial charge in [0.15, 0.2) is 5.82 Å². The summed E-state index contributed by atoms with van der Waals surface area (Å²) in [6.07, 6.45) is 1.36. The minimum absolute atomic E-state index is 0.328. The highest BCUT2D eigenvalue weighted by molar-refractivity contribution is 7.18. The number of fused-ring (bicyclic) bond motifs is 1. The standard InChI is InChI=1S/C16H14ClN3O3S/c1-9-13(11(8-22-2)15(21)23-3)24-16-18-14(19-20(9)16)10-6-4-5-7-12(10)17/h4-8H,1-3H3. The van der Waals surface area contributed by atoms with Crippen LogP contribution in [0, 0.1) is 6.92 Å². The van der Waals surface area contributed by atoms with Crippen LogP contribution < -0.4 is 0 Å². The van der Waals surface area contributed by atoms with Gasteiger partial charge >= 0.3 is 5.97 Å². The molecule has 1 aromatic carbocycles. The van der Waals surface area contributed by atoms with E-state index in [4.69, 9.17) is 21.1 Å². The normalized spacial score (nSPS) is 11.8. The maximum Gasteiger partial charge on any atom is 0.342 e. The molecule has 3 rings (SSSR count). The summed E-state index contributed by atoms with van der Waals surface area (Å²) in [4.78, 5) is 17.8. The molecule has 124 valence electrons. The third kappa shape index (κ3) is 2.76. The van der Waals surface area contributed by atoms with E-state index >= 15 is 0 Å². The van der Waals surface area contributed by atoms with E-state index in [-0.39, 0.29) is 0 Å². The molecular weight excluding hydrogens is 350 g/mol. The van der Waals surface area contributed by atoms with E-state index in [9.17, 15) is 4.79 Å². The highest BCUT2D eigenvalue weighted by Crippen LogP contribution is 2.32. The molecule has 8 heteroatoms. The molecular formula is C16H14ClN3O3S. The van der Waals surface area contributed by atoms with Crippen molar-refractivity contribution in [2.24, 2.45) is 0 Å². The minimum atomic E-state index is -0.476. The highest BCUT2D eigenvalue weighted by atomic mass is 35.5. The number of esters is 1. The Morgan fingerprint density at radius 3 is 2.71 bits per heavy atom. The first-order chi connectivity index (χ1) is 11.6. The lowest BCUT2D eigenvalue weighted by atomic mass is 10.2. The molecule has 3 aromatic rings. The van der Waals surface area contributed by atoms with Crippen LogP contribution in [0.25, 0.3) is 21.9 Å². The maximum absolute atomic E-state index is 12.0. The molecule has 0 amide bonds. The van der Waals surface area contributed by atoms with Gasteiger partial charge in [-0.15, -0.1) is 5.10 Å². The van der Waals surface area contributed by atoms with Gasteiger partial charge in [-0.3, -0.25) is 0 Å². The van der Waals surface area contributed by atoms with E-state index in [2.05, 4.69) is 10.1 Å². The van der Waals surface area contributed by atoms with Crippen LogP contribution >= 0.6 is 22.9 Å². The van der Waals surface area contributed by atoms with Crippen molar-refractivity contribution in [1.29, 1.82) is 0 Å². The van der Waals surface area contributed by atoms with Crippen molar-refractivity contribution in [2.75, 3.05) is 14.2 Å². The molecule has 2 heterocycles. The zero-order valence-electron chi connectivity index (χ0n) is 13.2.